The highest BCUT2D eigenvalue weighted by atomic mass is 16.7. The molecular formula is C18H32O14. The van der Waals surface area contributed by atoms with Gasteiger partial charge >= 0.3 is 0 Å². The largest absolute Gasteiger partial charge is 0.388 e. The monoisotopic (exact) mass is 472 g/mol. The summed E-state index contributed by atoms with van der Waals surface area (Å²) in [5.41, 5.74) is 0. The van der Waals surface area contributed by atoms with Gasteiger partial charge in [-0.3, -0.25) is 0 Å². The van der Waals surface area contributed by atoms with Crippen molar-refractivity contribution in [1.82, 2.24) is 0 Å². The molecule has 15 atom stereocenters. The second kappa shape index (κ2) is 10.4. The van der Waals surface area contributed by atoms with Crippen LogP contribution in [0.4, 0.5) is 0 Å². The fourth-order valence-corrected chi connectivity index (χ4v) is 3.84. The molecule has 32 heavy (non-hydrogen) atoms. The number of ether oxygens (including phenoxy) is 5. The van der Waals surface area contributed by atoms with Crippen molar-refractivity contribution < 1.29 is 69.6 Å². The highest BCUT2D eigenvalue weighted by molar-refractivity contribution is 4.94. The van der Waals surface area contributed by atoms with Crippen LogP contribution < -0.4 is 0 Å². The van der Waals surface area contributed by atoms with E-state index in [0.29, 0.717) is 0 Å². The molecule has 188 valence electrons. The SMILES string of the molecule is C[C@@H]1O[C@@H](OC[C@H]2OC(O)[C@H](O)[C@@H](O)[C@@H]2O[C@@H]2O[C@@H](C)[C@H](O)[C@@H](O)[C@H]2O)[C@H](O)[C@H](O)[C@H]1O. The summed E-state index contributed by atoms with van der Waals surface area (Å²) >= 11 is 0. The van der Waals surface area contributed by atoms with Gasteiger partial charge in [-0.05, 0) is 13.8 Å². The van der Waals surface area contributed by atoms with Gasteiger partial charge in [0.1, 0.15) is 61.0 Å². The Bertz CT molecular complexity index is 610. The molecular weight excluding hydrogens is 440 g/mol. The van der Waals surface area contributed by atoms with Gasteiger partial charge in [-0.2, -0.15) is 0 Å². The zero-order valence-electron chi connectivity index (χ0n) is 17.4. The average molecular weight is 472 g/mol. The van der Waals surface area contributed by atoms with E-state index >= 15 is 0 Å². The molecule has 0 saturated carbocycles. The van der Waals surface area contributed by atoms with Crippen LogP contribution in [0.1, 0.15) is 13.8 Å². The Kier molecular flexibility index (Phi) is 8.44. The minimum atomic E-state index is -1.83. The number of hydrogen-bond acceptors (Lipinski definition) is 14. The fraction of sp³-hybridized carbons (Fsp3) is 1.00. The molecule has 0 spiro atoms. The first-order valence-corrected chi connectivity index (χ1v) is 10.3. The van der Waals surface area contributed by atoms with Crippen molar-refractivity contribution in [2.75, 3.05) is 6.61 Å². The predicted molar refractivity (Wildman–Crippen MR) is 98.4 cm³/mol. The summed E-state index contributed by atoms with van der Waals surface area (Å²) in [6, 6.07) is 0. The first-order chi connectivity index (χ1) is 14.9. The lowest BCUT2D eigenvalue weighted by Crippen LogP contribution is -2.64. The second-order valence-electron chi connectivity index (χ2n) is 8.34. The Balaban J connectivity index is 1.70. The van der Waals surface area contributed by atoms with Crippen molar-refractivity contribution in [2.45, 2.75) is 106 Å². The Morgan fingerprint density at radius 1 is 0.562 bits per heavy atom. The maximum absolute atomic E-state index is 10.4. The molecule has 3 aliphatic heterocycles. The molecule has 0 radical (unpaired) electrons. The Hall–Kier alpha value is -0.560. The number of aliphatic hydroxyl groups is 9. The lowest BCUT2D eigenvalue weighted by Gasteiger charge is -2.45. The van der Waals surface area contributed by atoms with Gasteiger partial charge in [0.15, 0.2) is 18.9 Å². The molecule has 0 aromatic carbocycles. The van der Waals surface area contributed by atoms with Crippen LogP contribution in [0.3, 0.4) is 0 Å². The standard InChI is InChI=1S/C18H32O14/c1-4-7(19)9(21)13(25)17(29-4)28-3-6-15(11(23)12(24)16(27)31-6)32-18-14(26)10(22)8(20)5(2)30-18/h4-27H,3H2,1-2H3/t4-,5-,6+,7-,8-,9+,10+,11+,12+,13+,14+,15+,16?,17+,18-/m0/s1. The Morgan fingerprint density at radius 3 is 1.62 bits per heavy atom. The van der Waals surface area contributed by atoms with Gasteiger partial charge < -0.3 is 69.6 Å². The first-order valence-electron chi connectivity index (χ1n) is 10.3. The van der Waals surface area contributed by atoms with Crippen LogP contribution in [-0.2, 0) is 23.7 Å². The van der Waals surface area contributed by atoms with Crippen LogP contribution >= 0.6 is 0 Å². The summed E-state index contributed by atoms with van der Waals surface area (Å²) in [5.74, 6) is 0. The van der Waals surface area contributed by atoms with Crippen LogP contribution in [-0.4, -0.2) is 145 Å². The lowest BCUT2D eigenvalue weighted by atomic mass is 9.97. The molecule has 0 bridgehead atoms. The molecule has 0 aromatic heterocycles. The third-order valence-corrected chi connectivity index (χ3v) is 5.99. The fourth-order valence-electron chi connectivity index (χ4n) is 3.84. The zero-order chi connectivity index (χ0) is 23.9. The van der Waals surface area contributed by atoms with Crippen molar-refractivity contribution in [3.63, 3.8) is 0 Å². The molecule has 0 aliphatic carbocycles. The van der Waals surface area contributed by atoms with Crippen LogP contribution in [0.5, 0.6) is 0 Å². The minimum Gasteiger partial charge on any atom is -0.388 e. The van der Waals surface area contributed by atoms with Gasteiger partial charge in [-0.15, -0.1) is 0 Å². The van der Waals surface area contributed by atoms with E-state index in [-0.39, 0.29) is 0 Å². The van der Waals surface area contributed by atoms with E-state index in [4.69, 9.17) is 23.7 Å². The average Bonchev–Trinajstić information content (AvgIpc) is 2.76. The number of hydrogen-bond donors (Lipinski definition) is 9. The molecule has 0 amide bonds. The summed E-state index contributed by atoms with van der Waals surface area (Å²) in [5, 5.41) is 89.9. The molecule has 9 N–H and O–H groups in total. The minimum absolute atomic E-state index is 0.494. The van der Waals surface area contributed by atoms with Crippen molar-refractivity contribution in [1.29, 1.82) is 0 Å². The van der Waals surface area contributed by atoms with E-state index in [1.165, 1.54) is 13.8 Å². The number of rotatable bonds is 5. The van der Waals surface area contributed by atoms with Gasteiger partial charge in [0, 0.05) is 0 Å². The molecule has 1 unspecified atom stereocenters. The molecule has 14 heteroatoms. The maximum atomic E-state index is 10.4. The van der Waals surface area contributed by atoms with Gasteiger partial charge in [-0.1, -0.05) is 0 Å². The summed E-state index contributed by atoms with van der Waals surface area (Å²) in [6.07, 6.45) is -22.1. The zero-order valence-corrected chi connectivity index (χ0v) is 17.4. The summed E-state index contributed by atoms with van der Waals surface area (Å²) < 4.78 is 26.8. The van der Waals surface area contributed by atoms with Crippen molar-refractivity contribution in [3.05, 3.63) is 0 Å². The van der Waals surface area contributed by atoms with Crippen molar-refractivity contribution >= 4 is 0 Å². The first kappa shape index (κ1) is 26.1. The Morgan fingerprint density at radius 2 is 1.06 bits per heavy atom. The van der Waals surface area contributed by atoms with Crippen molar-refractivity contribution in [2.24, 2.45) is 0 Å². The van der Waals surface area contributed by atoms with E-state index in [0.717, 1.165) is 0 Å². The lowest BCUT2D eigenvalue weighted by molar-refractivity contribution is -0.360. The van der Waals surface area contributed by atoms with Gasteiger partial charge in [-0.25, -0.2) is 0 Å². The molecule has 3 rings (SSSR count). The van der Waals surface area contributed by atoms with E-state index in [1.807, 2.05) is 0 Å². The van der Waals surface area contributed by atoms with E-state index in [9.17, 15) is 46.0 Å². The second-order valence-corrected chi connectivity index (χ2v) is 8.34. The summed E-state index contributed by atoms with van der Waals surface area (Å²) in [6.45, 7) is 2.38. The molecule has 3 fully saturated rings. The van der Waals surface area contributed by atoms with Gasteiger partial charge in [0.25, 0.3) is 0 Å². The Labute approximate surface area is 183 Å². The quantitative estimate of drug-likeness (QED) is 0.182. The van der Waals surface area contributed by atoms with E-state index < -0.39 is 98.7 Å². The van der Waals surface area contributed by atoms with Crippen LogP contribution in [0, 0.1) is 0 Å². The van der Waals surface area contributed by atoms with E-state index in [2.05, 4.69) is 0 Å². The topological polar surface area (TPSA) is 228 Å². The number of aliphatic hydroxyl groups excluding tert-OH is 9. The molecule has 14 nitrogen and oxygen atoms in total. The van der Waals surface area contributed by atoms with Crippen molar-refractivity contribution in [3.8, 4) is 0 Å². The van der Waals surface area contributed by atoms with Crippen LogP contribution in [0.25, 0.3) is 0 Å². The predicted octanol–water partition coefficient (Wildman–Crippen LogP) is -5.52. The third kappa shape index (κ3) is 5.08. The van der Waals surface area contributed by atoms with Gasteiger partial charge in [0.05, 0.1) is 18.8 Å². The maximum Gasteiger partial charge on any atom is 0.187 e. The normalized spacial score (nSPS) is 55.0. The third-order valence-electron chi connectivity index (χ3n) is 5.99. The highest BCUT2D eigenvalue weighted by Crippen LogP contribution is 2.30. The summed E-state index contributed by atoms with van der Waals surface area (Å²) in [7, 11) is 0. The molecule has 0 aromatic rings. The van der Waals surface area contributed by atoms with Gasteiger partial charge in [0.2, 0.25) is 0 Å². The van der Waals surface area contributed by atoms with E-state index in [1.54, 1.807) is 0 Å². The molecule has 3 saturated heterocycles. The van der Waals surface area contributed by atoms with Crippen LogP contribution in [0.15, 0.2) is 0 Å². The molecule has 3 aliphatic rings. The highest BCUT2D eigenvalue weighted by Gasteiger charge is 2.50. The smallest absolute Gasteiger partial charge is 0.187 e. The van der Waals surface area contributed by atoms with Crippen LogP contribution in [0.2, 0.25) is 0 Å². The molecule has 3 heterocycles. The summed E-state index contributed by atoms with van der Waals surface area (Å²) in [4.78, 5) is 0.